The predicted molar refractivity (Wildman–Crippen MR) is 80.5 cm³/mol. The van der Waals surface area contributed by atoms with Crippen LogP contribution in [0.2, 0.25) is 0 Å². The molecule has 0 atom stereocenters. The molecular formula is C16H15NO2S. The van der Waals surface area contributed by atoms with E-state index in [9.17, 15) is 9.59 Å². The Kier molecular flexibility index (Phi) is 3.40. The maximum Gasteiger partial charge on any atom is 0.227 e. The number of anilines is 1. The lowest BCUT2D eigenvalue weighted by molar-refractivity contribution is -0.117. The molecule has 1 aliphatic rings. The van der Waals surface area contributed by atoms with E-state index in [0.717, 1.165) is 29.8 Å². The van der Waals surface area contributed by atoms with E-state index < -0.39 is 0 Å². The SMILES string of the molecule is Cc1cscc1C(=O)c1ccc(N2CCCC2=O)cc1. The summed E-state index contributed by atoms with van der Waals surface area (Å²) in [5, 5.41) is 3.86. The molecule has 3 nitrogen and oxygen atoms in total. The van der Waals surface area contributed by atoms with Gasteiger partial charge in [0.05, 0.1) is 0 Å². The van der Waals surface area contributed by atoms with E-state index >= 15 is 0 Å². The number of rotatable bonds is 3. The molecule has 0 aliphatic carbocycles. The second kappa shape index (κ2) is 5.21. The third-order valence-corrected chi connectivity index (χ3v) is 4.48. The number of thiophene rings is 1. The van der Waals surface area contributed by atoms with E-state index in [2.05, 4.69) is 0 Å². The molecule has 1 amide bonds. The van der Waals surface area contributed by atoms with Crippen LogP contribution in [0.25, 0.3) is 0 Å². The largest absolute Gasteiger partial charge is 0.312 e. The minimum Gasteiger partial charge on any atom is -0.312 e. The van der Waals surface area contributed by atoms with E-state index in [-0.39, 0.29) is 11.7 Å². The average molecular weight is 285 g/mol. The zero-order chi connectivity index (χ0) is 14.1. The molecule has 20 heavy (non-hydrogen) atoms. The van der Waals surface area contributed by atoms with Crippen LogP contribution in [0.5, 0.6) is 0 Å². The van der Waals surface area contributed by atoms with Crippen molar-refractivity contribution in [3.05, 3.63) is 51.7 Å². The van der Waals surface area contributed by atoms with Crippen LogP contribution < -0.4 is 4.90 Å². The first-order valence-corrected chi connectivity index (χ1v) is 7.59. The van der Waals surface area contributed by atoms with Crippen LogP contribution in [0, 0.1) is 6.92 Å². The van der Waals surface area contributed by atoms with E-state index in [1.165, 1.54) is 11.3 Å². The van der Waals surface area contributed by atoms with Crippen LogP contribution in [0.4, 0.5) is 5.69 Å². The molecule has 0 radical (unpaired) electrons. The van der Waals surface area contributed by atoms with Crippen molar-refractivity contribution in [3.63, 3.8) is 0 Å². The van der Waals surface area contributed by atoms with E-state index in [1.807, 2.05) is 29.8 Å². The molecule has 2 heterocycles. The number of amides is 1. The fourth-order valence-corrected chi connectivity index (χ4v) is 3.29. The summed E-state index contributed by atoms with van der Waals surface area (Å²) >= 11 is 1.54. The van der Waals surface area contributed by atoms with Gasteiger partial charge < -0.3 is 4.90 Å². The molecule has 1 aromatic heterocycles. The van der Waals surface area contributed by atoms with Crippen molar-refractivity contribution in [2.75, 3.05) is 11.4 Å². The summed E-state index contributed by atoms with van der Waals surface area (Å²) in [6.45, 7) is 2.72. The first-order chi connectivity index (χ1) is 9.66. The minimum absolute atomic E-state index is 0.0445. The van der Waals surface area contributed by atoms with Gasteiger partial charge in [0.1, 0.15) is 0 Å². The molecule has 4 heteroatoms. The Bertz CT molecular complexity index is 657. The molecule has 1 aromatic carbocycles. The second-order valence-electron chi connectivity index (χ2n) is 4.99. The number of aryl methyl sites for hydroxylation is 1. The summed E-state index contributed by atoms with van der Waals surface area (Å²) in [7, 11) is 0. The van der Waals surface area contributed by atoms with Gasteiger partial charge in [-0.05, 0) is 48.6 Å². The molecule has 0 N–H and O–H groups in total. The Morgan fingerprint density at radius 2 is 1.95 bits per heavy atom. The van der Waals surface area contributed by atoms with Crippen molar-refractivity contribution in [1.82, 2.24) is 0 Å². The van der Waals surface area contributed by atoms with Gasteiger partial charge in [0.15, 0.2) is 5.78 Å². The number of carbonyl (C=O) groups excluding carboxylic acids is 2. The number of benzene rings is 1. The van der Waals surface area contributed by atoms with Crippen molar-refractivity contribution in [3.8, 4) is 0 Å². The smallest absolute Gasteiger partial charge is 0.227 e. The predicted octanol–water partition coefficient (Wildman–Crippen LogP) is 3.41. The summed E-state index contributed by atoms with van der Waals surface area (Å²) in [5.41, 5.74) is 3.33. The minimum atomic E-state index is 0.0445. The Hall–Kier alpha value is -1.94. The summed E-state index contributed by atoms with van der Waals surface area (Å²) < 4.78 is 0. The highest BCUT2D eigenvalue weighted by atomic mass is 32.1. The molecule has 0 bridgehead atoms. The maximum absolute atomic E-state index is 12.4. The molecule has 3 rings (SSSR count). The molecule has 1 aliphatic heterocycles. The molecule has 0 spiro atoms. The molecule has 0 saturated carbocycles. The van der Waals surface area contributed by atoms with Gasteiger partial charge in [-0.2, -0.15) is 11.3 Å². The number of ketones is 1. The third kappa shape index (κ3) is 2.27. The third-order valence-electron chi connectivity index (χ3n) is 3.61. The summed E-state index contributed by atoms with van der Waals surface area (Å²) in [6.07, 6.45) is 1.53. The topological polar surface area (TPSA) is 37.4 Å². The monoisotopic (exact) mass is 285 g/mol. The van der Waals surface area contributed by atoms with Crippen LogP contribution in [0.3, 0.4) is 0 Å². The molecule has 2 aromatic rings. The number of hydrogen-bond donors (Lipinski definition) is 0. The van der Waals surface area contributed by atoms with E-state index in [0.29, 0.717) is 12.0 Å². The summed E-state index contributed by atoms with van der Waals surface area (Å²) in [6, 6.07) is 7.33. The van der Waals surface area contributed by atoms with Crippen molar-refractivity contribution in [2.24, 2.45) is 0 Å². The van der Waals surface area contributed by atoms with Crippen LogP contribution in [-0.4, -0.2) is 18.2 Å². The molecule has 1 fully saturated rings. The second-order valence-corrected chi connectivity index (χ2v) is 5.74. The Balaban J connectivity index is 1.85. The Morgan fingerprint density at radius 1 is 1.20 bits per heavy atom. The van der Waals surface area contributed by atoms with E-state index in [1.54, 1.807) is 17.0 Å². The first kappa shape index (κ1) is 13.1. The van der Waals surface area contributed by atoms with Crippen molar-refractivity contribution < 1.29 is 9.59 Å². The van der Waals surface area contributed by atoms with Gasteiger partial charge in [-0.15, -0.1) is 0 Å². The Morgan fingerprint density at radius 3 is 2.50 bits per heavy atom. The highest BCUT2D eigenvalue weighted by molar-refractivity contribution is 7.08. The number of hydrogen-bond acceptors (Lipinski definition) is 3. The maximum atomic E-state index is 12.4. The van der Waals surface area contributed by atoms with Gasteiger partial charge in [0.25, 0.3) is 0 Å². The van der Waals surface area contributed by atoms with Crippen molar-refractivity contribution in [1.29, 1.82) is 0 Å². The van der Waals surface area contributed by atoms with Gasteiger partial charge in [0, 0.05) is 35.2 Å². The quantitative estimate of drug-likeness (QED) is 0.810. The Labute approximate surface area is 121 Å². The fraction of sp³-hybridized carbons (Fsp3) is 0.250. The van der Waals surface area contributed by atoms with Crippen LogP contribution in [0.1, 0.15) is 34.3 Å². The van der Waals surface area contributed by atoms with Crippen molar-refractivity contribution in [2.45, 2.75) is 19.8 Å². The first-order valence-electron chi connectivity index (χ1n) is 6.65. The molecular weight excluding hydrogens is 270 g/mol. The van der Waals surface area contributed by atoms with Crippen molar-refractivity contribution >= 4 is 28.7 Å². The highest BCUT2D eigenvalue weighted by Gasteiger charge is 2.22. The van der Waals surface area contributed by atoms with Crippen LogP contribution in [-0.2, 0) is 4.79 Å². The normalized spacial score (nSPS) is 14.8. The molecule has 1 saturated heterocycles. The van der Waals surface area contributed by atoms with Gasteiger partial charge >= 0.3 is 0 Å². The number of nitrogens with zero attached hydrogens (tertiary/aromatic N) is 1. The standard InChI is InChI=1S/C16H15NO2S/c1-11-9-20-10-14(11)16(19)12-4-6-13(7-5-12)17-8-2-3-15(17)18/h4-7,9-10H,2-3,8H2,1H3. The molecule has 0 unspecified atom stereocenters. The zero-order valence-electron chi connectivity index (χ0n) is 11.3. The molecule has 102 valence electrons. The van der Waals surface area contributed by atoms with Gasteiger partial charge in [0.2, 0.25) is 5.91 Å². The van der Waals surface area contributed by atoms with Gasteiger partial charge in [-0.1, -0.05) is 0 Å². The lowest BCUT2D eigenvalue weighted by Crippen LogP contribution is -2.23. The number of carbonyl (C=O) groups is 2. The van der Waals surface area contributed by atoms with Gasteiger partial charge in [-0.3, -0.25) is 9.59 Å². The highest BCUT2D eigenvalue weighted by Crippen LogP contribution is 2.23. The zero-order valence-corrected chi connectivity index (χ0v) is 12.1. The summed E-state index contributed by atoms with van der Waals surface area (Å²) in [5.74, 6) is 0.209. The lowest BCUT2D eigenvalue weighted by Gasteiger charge is -2.15. The van der Waals surface area contributed by atoms with E-state index in [4.69, 9.17) is 0 Å². The van der Waals surface area contributed by atoms with Gasteiger partial charge in [-0.25, -0.2) is 0 Å². The lowest BCUT2D eigenvalue weighted by atomic mass is 10.0. The van der Waals surface area contributed by atoms with Crippen LogP contribution in [0.15, 0.2) is 35.0 Å². The fourth-order valence-electron chi connectivity index (χ4n) is 2.46. The average Bonchev–Trinajstić information content (AvgIpc) is 3.07. The summed E-state index contributed by atoms with van der Waals surface area (Å²) in [4.78, 5) is 25.8. The van der Waals surface area contributed by atoms with Crippen LogP contribution >= 0.6 is 11.3 Å².